The highest BCUT2D eigenvalue weighted by Gasteiger charge is 2.26. The molecule has 104 valence electrons. The van der Waals surface area contributed by atoms with Crippen LogP contribution in [0, 0.1) is 12.8 Å². The highest BCUT2D eigenvalue weighted by Crippen LogP contribution is 2.35. The van der Waals surface area contributed by atoms with E-state index in [1.165, 1.54) is 12.8 Å². The Morgan fingerprint density at radius 2 is 2.00 bits per heavy atom. The van der Waals surface area contributed by atoms with Gasteiger partial charge in [0.2, 0.25) is 0 Å². The predicted molar refractivity (Wildman–Crippen MR) is 84.4 cm³/mol. The Balaban J connectivity index is 1.97. The Bertz CT molecular complexity index is 656. The second-order valence-electron chi connectivity index (χ2n) is 5.38. The molecule has 0 unspecified atom stereocenters. The highest BCUT2D eigenvalue weighted by atomic mass is 35.5. The van der Waals surface area contributed by atoms with Gasteiger partial charge >= 0.3 is 0 Å². The zero-order chi connectivity index (χ0) is 14.3. The van der Waals surface area contributed by atoms with Crippen molar-refractivity contribution in [3.8, 4) is 5.69 Å². The number of carbonyl (C=O) groups excluding carboxylic acids is 1. The fourth-order valence-corrected chi connectivity index (χ4v) is 3.00. The van der Waals surface area contributed by atoms with Crippen LogP contribution in [0.25, 0.3) is 5.69 Å². The van der Waals surface area contributed by atoms with Crippen molar-refractivity contribution in [2.24, 2.45) is 5.92 Å². The minimum absolute atomic E-state index is 0.230. The standard InChI is InChI=1S/C16H16ClNOS/c1-10-14(15(19)8-11-2-3-11)9-16(20)18(10)13-6-4-12(17)5-7-13/h4-7,9,11,20H,2-3,8H2,1H3. The fourth-order valence-electron chi connectivity index (χ4n) is 2.48. The molecule has 2 nitrogen and oxygen atoms in total. The van der Waals surface area contributed by atoms with Crippen molar-refractivity contribution in [3.05, 3.63) is 46.6 Å². The van der Waals surface area contributed by atoms with Crippen LogP contribution in [-0.4, -0.2) is 10.4 Å². The van der Waals surface area contributed by atoms with Crippen LogP contribution in [0.2, 0.25) is 5.02 Å². The number of thiol groups is 1. The van der Waals surface area contributed by atoms with Gasteiger partial charge in [0.15, 0.2) is 5.78 Å². The Hall–Kier alpha value is -1.19. The van der Waals surface area contributed by atoms with Crippen molar-refractivity contribution in [1.82, 2.24) is 4.57 Å². The number of rotatable bonds is 4. The fraction of sp³-hybridized carbons (Fsp3) is 0.312. The van der Waals surface area contributed by atoms with E-state index in [2.05, 4.69) is 12.6 Å². The average molecular weight is 306 g/mol. The predicted octanol–water partition coefficient (Wildman–Crippen LogP) is 4.71. The van der Waals surface area contributed by atoms with Gasteiger partial charge in [0.05, 0.1) is 5.03 Å². The molecule has 1 aromatic heterocycles. The first-order valence-electron chi connectivity index (χ1n) is 6.76. The van der Waals surface area contributed by atoms with Crippen molar-refractivity contribution < 1.29 is 4.79 Å². The van der Waals surface area contributed by atoms with Crippen molar-refractivity contribution >= 4 is 30.0 Å². The van der Waals surface area contributed by atoms with E-state index >= 15 is 0 Å². The first-order chi connectivity index (χ1) is 9.56. The maximum atomic E-state index is 12.3. The average Bonchev–Trinajstić information content (AvgIpc) is 3.17. The number of carbonyl (C=O) groups is 1. The Labute approximate surface area is 129 Å². The van der Waals surface area contributed by atoms with Crippen LogP contribution in [0.1, 0.15) is 35.3 Å². The largest absolute Gasteiger partial charge is 0.308 e. The third-order valence-electron chi connectivity index (χ3n) is 3.78. The minimum atomic E-state index is 0.230. The van der Waals surface area contributed by atoms with Gasteiger partial charge in [-0.3, -0.25) is 4.79 Å². The monoisotopic (exact) mass is 305 g/mol. The third-order valence-corrected chi connectivity index (χ3v) is 4.37. The van der Waals surface area contributed by atoms with E-state index in [-0.39, 0.29) is 5.78 Å². The topological polar surface area (TPSA) is 22.0 Å². The number of hydrogen-bond donors (Lipinski definition) is 1. The van der Waals surface area contributed by atoms with Gasteiger partial charge in [-0.15, -0.1) is 12.6 Å². The van der Waals surface area contributed by atoms with E-state index in [9.17, 15) is 4.79 Å². The lowest BCUT2D eigenvalue weighted by atomic mass is 10.1. The molecule has 0 spiro atoms. The molecule has 0 atom stereocenters. The van der Waals surface area contributed by atoms with E-state index in [1.54, 1.807) is 0 Å². The van der Waals surface area contributed by atoms with Gasteiger partial charge in [0.25, 0.3) is 0 Å². The molecule has 20 heavy (non-hydrogen) atoms. The molecule has 0 amide bonds. The number of ketones is 1. The van der Waals surface area contributed by atoms with Crippen LogP contribution in [0.3, 0.4) is 0 Å². The molecule has 1 aromatic carbocycles. The van der Waals surface area contributed by atoms with Crippen molar-refractivity contribution in [1.29, 1.82) is 0 Å². The zero-order valence-corrected chi connectivity index (χ0v) is 12.9. The van der Waals surface area contributed by atoms with Crippen molar-refractivity contribution in [2.45, 2.75) is 31.2 Å². The minimum Gasteiger partial charge on any atom is -0.308 e. The van der Waals surface area contributed by atoms with Crippen LogP contribution >= 0.6 is 24.2 Å². The lowest BCUT2D eigenvalue weighted by molar-refractivity contribution is 0.0975. The molecule has 0 bridgehead atoms. The van der Waals surface area contributed by atoms with E-state index in [0.717, 1.165) is 22.0 Å². The maximum Gasteiger partial charge on any atom is 0.165 e. The molecule has 0 aliphatic heterocycles. The molecule has 1 aliphatic carbocycles. The van der Waals surface area contributed by atoms with Gasteiger partial charge in [-0.05, 0) is 56.0 Å². The first kappa shape index (κ1) is 13.8. The lowest BCUT2D eigenvalue weighted by Crippen LogP contribution is -2.03. The molecule has 1 fully saturated rings. The van der Waals surface area contributed by atoms with Gasteiger partial charge in [0.1, 0.15) is 0 Å². The number of aromatic nitrogens is 1. The van der Waals surface area contributed by atoms with E-state index in [0.29, 0.717) is 17.4 Å². The van der Waals surface area contributed by atoms with Crippen molar-refractivity contribution in [2.75, 3.05) is 0 Å². The third kappa shape index (κ3) is 2.65. The summed E-state index contributed by atoms with van der Waals surface area (Å²) in [5, 5.41) is 1.48. The summed E-state index contributed by atoms with van der Waals surface area (Å²) in [5.41, 5.74) is 2.71. The highest BCUT2D eigenvalue weighted by molar-refractivity contribution is 7.80. The first-order valence-corrected chi connectivity index (χ1v) is 7.59. The normalized spacial score (nSPS) is 14.6. The number of benzene rings is 1. The summed E-state index contributed by atoms with van der Waals surface area (Å²) in [6.07, 6.45) is 3.05. The van der Waals surface area contributed by atoms with Crippen LogP contribution in [0.15, 0.2) is 35.4 Å². The molecule has 0 saturated heterocycles. The summed E-state index contributed by atoms with van der Waals surface area (Å²) >= 11 is 10.4. The molecule has 1 heterocycles. The van der Waals surface area contributed by atoms with Gasteiger partial charge in [0, 0.05) is 28.4 Å². The van der Waals surface area contributed by atoms with Crippen LogP contribution < -0.4 is 0 Å². The maximum absolute atomic E-state index is 12.3. The molecular formula is C16H16ClNOS. The number of Topliss-reactive ketones (excluding diaryl/α,β-unsaturated/α-hetero) is 1. The zero-order valence-electron chi connectivity index (χ0n) is 11.3. The summed E-state index contributed by atoms with van der Waals surface area (Å²) in [6, 6.07) is 9.43. The molecule has 1 aliphatic rings. The quantitative estimate of drug-likeness (QED) is 0.641. The molecule has 0 radical (unpaired) electrons. The summed E-state index contributed by atoms with van der Waals surface area (Å²) in [5.74, 6) is 0.831. The van der Waals surface area contributed by atoms with Crippen LogP contribution in [0.5, 0.6) is 0 Å². The molecule has 4 heteroatoms. The van der Waals surface area contributed by atoms with Gasteiger partial charge in [-0.25, -0.2) is 0 Å². The summed E-state index contributed by atoms with van der Waals surface area (Å²) < 4.78 is 1.99. The second-order valence-corrected chi connectivity index (χ2v) is 6.28. The Morgan fingerprint density at radius 1 is 1.35 bits per heavy atom. The number of halogens is 1. The van der Waals surface area contributed by atoms with Crippen molar-refractivity contribution in [3.63, 3.8) is 0 Å². The number of hydrogen-bond acceptors (Lipinski definition) is 2. The second kappa shape index (κ2) is 5.30. The summed E-state index contributed by atoms with van der Waals surface area (Å²) in [7, 11) is 0. The van der Waals surface area contributed by atoms with E-state index in [1.807, 2.05) is 41.8 Å². The van der Waals surface area contributed by atoms with E-state index < -0.39 is 0 Å². The summed E-state index contributed by atoms with van der Waals surface area (Å²) in [4.78, 5) is 12.3. The molecule has 1 saturated carbocycles. The smallest absolute Gasteiger partial charge is 0.165 e. The van der Waals surface area contributed by atoms with Crippen LogP contribution in [0.4, 0.5) is 0 Å². The van der Waals surface area contributed by atoms with Gasteiger partial charge in [-0.2, -0.15) is 0 Å². The molecule has 3 rings (SSSR count). The molecule has 2 aromatic rings. The Kier molecular flexibility index (Phi) is 3.65. The lowest BCUT2D eigenvalue weighted by Gasteiger charge is -2.09. The van der Waals surface area contributed by atoms with Gasteiger partial charge in [-0.1, -0.05) is 11.6 Å². The van der Waals surface area contributed by atoms with Gasteiger partial charge < -0.3 is 4.57 Å². The van der Waals surface area contributed by atoms with Crippen LogP contribution in [-0.2, 0) is 0 Å². The number of nitrogens with zero attached hydrogens (tertiary/aromatic N) is 1. The van der Waals surface area contributed by atoms with E-state index in [4.69, 9.17) is 11.6 Å². The SMILES string of the molecule is Cc1c(C(=O)CC2CC2)cc(S)n1-c1ccc(Cl)cc1. The summed E-state index contributed by atoms with van der Waals surface area (Å²) in [6.45, 7) is 1.97. The molecule has 0 N–H and O–H groups in total. The molecular weight excluding hydrogens is 290 g/mol. The Morgan fingerprint density at radius 3 is 2.60 bits per heavy atom.